The van der Waals surface area contributed by atoms with Crippen molar-refractivity contribution in [3.63, 3.8) is 0 Å². The first kappa shape index (κ1) is 20.4. The molecule has 10 heteroatoms. The summed E-state index contributed by atoms with van der Waals surface area (Å²) in [5.74, 6) is -2.52. The molecule has 24 heavy (non-hydrogen) atoms. The van der Waals surface area contributed by atoms with Gasteiger partial charge < -0.3 is 23.7 Å². The molecule has 0 aromatic rings. The number of carbonyl (C=O) groups is 4. The van der Waals surface area contributed by atoms with Crippen LogP contribution in [0.3, 0.4) is 0 Å². The van der Waals surface area contributed by atoms with Crippen molar-refractivity contribution >= 4 is 39.8 Å². The third kappa shape index (κ3) is 6.08. The number of rotatable bonds is 5. The number of esters is 4. The predicted octanol–water partition coefficient (Wildman–Crippen LogP) is 0.464. The van der Waals surface area contributed by atoms with Gasteiger partial charge in [0.2, 0.25) is 0 Å². The first-order valence-electron chi connectivity index (χ1n) is 7.06. The minimum absolute atomic E-state index is 0.236. The van der Waals surface area contributed by atoms with Gasteiger partial charge in [-0.1, -0.05) is 15.9 Å². The number of halogens is 1. The monoisotopic (exact) mass is 410 g/mol. The fraction of sp³-hybridized carbons (Fsp3) is 0.714. The molecule has 5 atom stereocenters. The van der Waals surface area contributed by atoms with Crippen LogP contribution in [0.25, 0.3) is 0 Å². The summed E-state index contributed by atoms with van der Waals surface area (Å²) >= 11 is 3.18. The fourth-order valence-electron chi connectivity index (χ4n) is 2.18. The van der Waals surface area contributed by atoms with E-state index in [2.05, 4.69) is 15.9 Å². The van der Waals surface area contributed by atoms with Crippen LogP contribution in [-0.4, -0.2) is 59.9 Å². The molecule has 1 rings (SSSR count). The number of hydrogen-bond donors (Lipinski definition) is 0. The lowest BCUT2D eigenvalue weighted by molar-refractivity contribution is -0.236. The lowest BCUT2D eigenvalue weighted by Gasteiger charge is -2.42. The van der Waals surface area contributed by atoms with Crippen LogP contribution >= 0.6 is 15.9 Å². The smallest absolute Gasteiger partial charge is 0.303 e. The number of alkyl halides is 1. The van der Waals surface area contributed by atoms with E-state index in [-0.39, 0.29) is 6.61 Å². The molecule has 0 amide bonds. The van der Waals surface area contributed by atoms with E-state index in [0.29, 0.717) is 0 Å². The van der Waals surface area contributed by atoms with E-state index in [1.165, 1.54) is 13.8 Å². The lowest BCUT2D eigenvalue weighted by atomic mass is 9.99. The molecule has 1 aliphatic rings. The Morgan fingerprint density at radius 2 is 1.25 bits per heavy atom. The van der Waals surface area contributed by atoms with Crippen molar-refractivity contribution in [2.24, 2.45) is 0 Å². The van der Waals surface area contributed by atoms with Crippen LogP contribution in [0.2, 0.25) is 0 Å². The maximum absolute atomic E-state index is 11.4. The van der Waals surface area contributed by atoms with Crippen molar-refractivity contribution in [3.8, 4) is 0 Å². The minimum Gasteiger partial charge on any atom is -0.463 e. The molecule has 9 nitrogen and oxygen atoms in total. The molecule has 0 radical (unpaired) electrons. The van der Waals surface area contributed by atoms with Gasteiger partial charge in [0.15, 0.2) is 23.3 Å². The maximum atomic E-state index is 11.4. The highest BCUT2D eigenvalue weighted by molar-refractivity contribution is 9.09. The van der Waals surface area contributed by atoms with E-state index in [4.69, 9.17) is 23.7 Å². The highest BCUT2D eigenvalue weighted by atomic mass is 79.9. The largest absolute Gasteiger partial charge is 0.463 e. The van der Waals surface area contributed by atoms with Gasteiger partial charge in [0.1, 0.15) is 12.7 Å². The molecular weight excluding hydrogens is 392 g/mol. The average Bonchev–Trinajstić information content (AvgIpc) is 2.42. The second kappa shape index (κ2) is 8.97. The molecular formula is C14H19BrO9. The topological polar surface area (TPSA) is 114 Å². The van der Waals surface area contributed by atoms with Crippen LogP contribution in [0.4, 0.5) is 0 Å². The second-order valence-corrected chi connectivity index (χ2v) is 5.95. The van der Waals surface area contributed by atoms with E-state index in [0.717, 1.165) is 13.8 Å². The Labute approximate surface area is 147 Å². The van der Waals surface area contributed by atoms with Gasteiger partial charge in [0.05, 0.1) is 0 Å². The van der Waals surface area contributed by atoms with Gasteiger partial charge in [-0.3, -0.25) is 19.2 Å². The van der Waals surface area contributed by atoms with Crippen molar-refractivity contribution in [1.29, 1.82) is 0 Å². The number of hydrogen-bond acceptors (Lipinski definition) is 9. The first-order chi connectivity index (χ1) is 11.1. The zero-order chi connectivity index (χ0) is 18.4. The van der Waals surface area contributed by atoms with Crippen molar-refractivity contribution in [2.45, 2.75) is 57.1 Å². The van der Waals surface area contributed by atoms with E-state index >= 15 is 0 Å². The number of carbonyl (C=O) groups excluding carboxylic acids is 4. The summed E-state index contributed by atoms with van der Waals surface area (Å²) in [5.41, 5.74) is 0. The molecule has 0 aromatic carbocycles. The summed E-state index contributed by atoms with van der Waals surface area (Å²) in [6, 6.07) is 0. The van der Waals surface area contributed by atoms with Crippen molar-refractivity contribution < 1.29 is 42.9 Å². The van der Waals surface area contributed by atoms with Crippen LogP contribution in [0.5, 0.6) is 0 Å². The molecule has 1 heterocycles. The quantitative estimate of drug-likeness (QED) is 0.362. The summed E-state index contributed by atoms with van der Waals surface area (Å²) in [4.78, 5) is 45.1. The average molecular weight is 411 g/mol. The first-order valence-corrected chi connectivity index (χ1v) is 7.98. The molecule has 0 bridgehead atoms. The third-order valence-corrected chi connectivity index (χ3v) is 3.67. The van der Waals surface area contributed by atoms with Gasteiger partial charge in [0, 0.05) is 27.7 Å². The lowest BCUT2D eigenvalue weighted by Crippen LogP contribution is -2.60. The molecule has 0 spiro atoms. The van der Waals surface area contributed by atoms with Crippen molar-refractivity contribution in [3.05, 3.63) is 0 Å². The molecule has 2 unspecified atom stereocenters. The molecule has 0 saturated carbocycles. The summed E-state index contributed by atoms with van der Waals surface area (Å²) in [5, 5.41) is -0.863. The Bertz CT molecular complexity index is 506. The second-order valence-electron chi connectivity index (χ2n) is 5.05. The van der Waals surface area contributed by atoms with Gasteiger partial charge in [-0.25, -0.2) is 0 Å². The molecule has 0 aromatic heterocycles. The van der Waals surface area contributed by atoms with E-state index in [1.807, 2.05) is 0 Å². The standard InChI is InChI=1S/C14H19BrO9/c1-6(16)20-5-10-11(21-7(2)17)12(22-8(3)18)13(14(15)24-10)23-9(4)19/h10-14H,5H2,1-4H3/t10?,11-,12?,13-,14-/m0/s1. The van der Waals surface area contributed by atoms with Crippen LogP contribution in [-0.2, 0) is 42.9 Å². The highest BCUT2D eigenvalue weighted by Crippen LogP contribution is 2.31. The van der Waals surface area contributed by atoms with Gasteiger partial charge >= 0.3 is 23.9 Å². The molecule has 136 valence electrons. The SMILES string of the molecule is CC(=O)OCC1O[C@H](Br)[C@@H](OC(C)=O)C(OC(C)=O)[C@H]1OC(C)=O. The Morgan fingerprint density at radius 1 is 0.792 bits per heavy atom. The molecule has 1 aliphatic heterocycles. The van der Waals surface area contributed by atoms with Gasteiger partial charge in [-0.05, 0) is 0 Å². The number of ether oxygens (including phenoxy) is 5. The highest BCUT2D eigenvalue weighted by Gasteiger charge is 2.51. The fourth-order valence-corrected chi connectivity index (χ4v) is 2.86. The van der Waals surface area contributed by atoms with Crippen molar-refractivity contribution in [2.75, 3.05) is 6.61 Å². The summed E-state index contributed by atoms with van der Waals surface area (Å²) in [6.07, 6.45) is -4.22. The Balaban J connectivity index is 3.11. The molecule has 0 N–H and O–H groups in total. The third-order valence-electron chi connectivity index (χ3n) is 2.93. The van der Waals surface area contributed by atoms with Gasteiger partial charge in [-0.15, -0.1) is 0 Å². The van der Waals surface area contributed by atoms with Crippen LogP contribution in [0.1, 0.15) is 27.7 Å². The van der Waals surface area contributed by atoms with Crippen molar-refractivity contribution in [1.82, 2.24) is 0 Å². The zero-order valence-electron chi connectivity index (χ0n) is 13.6. The van der Waals surface area contributed by atoms with Crippen LogP contribution < -0.4 is 0 Å². The zero-order valence-corrected chi connectivity index (χ0v) is 15.2. The summed E-state index contributed by atoms with van der Waals surface area (Å²) in [6.45, 7) is 4.47. The predicted molar refractivity (Wildman–Crippen MR) is 80.9 cm³/mol. The Morgan fingerprint density at radius 3 is 1.71 bits per heavy atom. The maximum Gasteiger partial charge on any atom is 0.303 e. The Hall–Kier alpha value is -1.68. The summed E-state index contributed by atoms with van der Waals surface area (Å²) in [7, 11) is 0. The van der Waals surface area contributed by atoms with Gasteiger partial charge in [0.25, 0.3) is 0 Å². The molecule has 0 aliphatic carbocycles. The van der Waals surface area contributed by atoms with Gasteiger partial charge in [-0.2, -0.15) is 0 Å². The van der Waals surface area contributed by atoms with E-state index < -0.39 is 53.3 Å². The molecule has 1 fully saturated rings. The Kier molecular flexibility index (Phi) is 7.61. The molecule has 1 saturated heterocycles. The van der Waals surface area contributed by atoms with Crippen LogP contribution in [0.15, 0.2) is 0 Å². The van der Waals surface area contributed by atoms with Crippen LogP contribution in [0, 0.1) is 0 Å². The minimum atomic E-state index is -1.13. The normalized spacial score (nSPS) is 29.3. The van der Waals surface area contributed by atoms with E-state index in [9.17, 15) is 19.2 Å². The summed E-state index contributed by atoms with van der Waals surface area (Å²) < 4.78 is 25.9. The van der Waals surface area contributed by atoms with E-state index in [1.54, 1.807) is 0 Å².